The smallest absolute Gasteiger partial charge is 0.326 e. The number of benzene rings is 1. The second-order valence-corrected chi connectivity index (χ2v) is 4.97. The fourth-order valence-electron chi connectivity index (χ4n) is 2.67. The molecule has 98 valence electrons. The average Bonchev–Trinajstić information content (AvgIpc) is 2.46. The Morgan fingerprint density at radius 2 is 1.89 bits per heavy atom. The SMILES string of the molecule is COC(=O)C1(NCc2ccccc2)CCCCC1. The third kappa shape index (κ3) is 2.91. The number of ether oxygens (including phenoxy) is 1. The third-order valence-electron chi connectivity index (χ3n) is 3.76. The van der Waals surface area contributed by atoms with Gasteiger partial charge in [-0.3, -0.25) is 10.1 Å². The molecule has 3 nitrogen and oxygen atoms in total. The van der Waals surface area contributed by atoms with Crippen molar-refractivity contribution >= 4 is 5.97 Å². The van der Waals surface area contributed by atoms with Crippen LogP contribution in [0, 0.1) is 0 Å². The fraction of sp³-hybridized carbons (Fsp3) is 0.533. The largest absolute Gasteiger partial charge is 0.468 e. The molecule has 0 aromatic heterocycles. The molecule has 1 aromatic carbocycles. The molecule has 1 aromatic rings. The maximum absolute atomic E-state index is 12.0. The van der Waals surface area contributed by atoms with Crippen molar-refractivity contribution in [3.63, 3.8) is 0 Å². The Morgan fingerprint density at radius 1 is 1.22 bits per heavy atom. The van der Waals surface area contributed by atoms with Crippen molar-refractivity contribution < 1.29 is 9.53 Å². The summed E-state index contributed by atoms with van der Waals surface area (Å²) >= 11 is 0. The summed E-state index contributed by atoms with van der Waals surface area (Å²) in [7, 11) is 1.48. The molecule has 0 aliphatic heterocycles. The minimum absolute atomic E-state index is 0.113. The summed E-state index contributed by atoms with van der Waals surface area (Å²) < 4.78 is 4.98. The van der Waals surface area contributed by atoms with Crippen LogP contribution in [0.5, 0.6) is 0 Å². The van der Waals surface area contributed by atoms with E-state index in [9.17, 15) is 4.79 Å². The quantitative estimate of drug-likeness (QED) is 0.831. The predicted octanol–water partition coefficient (Wildman–Crippen LogP) is 2.65. The topological polar surface area (TPSA) is 38.3 Å². The molecule has 1 saturated carbocycles. The molecular formula is C15H21NO2. The van der Waals surface area contributed by atoms with Crippen LogP contribution >= 0.6 is 0 Å². The zero-order valence-electron chi connectivity index (χ0n) is 10.9. The lowest BCUT2D eigenvalue weighted by Crippen LogP contribution is -2.53. The highest BCUT2D eigenvalue weighted by molar-refractivity contribution is 5.80. The summed E-state index contributed by atoms with van der Waals surface area (Å²) in [6.07, 6.45) is 5.17. The fourth-order valence-corrected chi connectivity index (χ4v) is 2.67. The molecule has 0 heterocycles. The first-order valence-electron chi connectivity index (χ1n) is 6.64. The highest BCUT2D eigenvalue weighted by Gasteiger charge is 2.39. The highest BCUT2D eigenvalue weighted by atomic mass is 16.5. The lowest BCUT2D eigenvalue weighted by atomic mass is 9.81. The molecule has 0 saturated heterocycles. The maximum Gasteiger partial charge on any atom is 0.326 e. The van der Waals surface area contributed by atoms with E-state index in [1.807, 2.05) is 18.2 Å². The van der Waals surface area contributed by atoms with Crippen LogP contribution in [0.1, 0.15) is 37.7 Å². The number of hydrogen-bond donors (Lipinski definition) is 1. The Bertz CT molecular complexity index is 383. The second-order valence-electron chi connectivity index (χ2n) is 4.97. The number of carbonyl (C=O) groups excluding carboxylic acids is 1. The molecule has 0 bridgehead atoms. The van der Waals surface area contributed by atoms with Gasteiger partial charge in [0.1, 0.15) is 5.54 Å². The first kappa shape index (κ1) is 13.1. The first-order chi connectivity index (χ1) is 8.77. The predicted molar refractivity (Wildman–Crippen MR) is 71.1 cm³/mol. The van der Waals surface area contributed by atoms with Crippen molar-refractivity contribution in [2.24, 2.45) is 0 Å². The van der Waals surface area contributed by atoms with E-state index in [0.717, 1.165) is 32.2 Å². The lowest BCUT2D eigenvalue weighted by Gasteiger charge is -2.35. The van der Waals surface area contributed by atoms with Crippen LogP contribution < -0.4 is 5.32 Å². The first-order valence-corrected chi connectivity index (χ1v) is 6.64. The van der Waals surface area contributed by atoms with E-state index in [4.69, 9.17) is 4.74 Å². The minimum Gasteiger partial charge on any atom is -0.468 e. The van der Waals surface area contributed by atoms with Crippen molar-refractivity contribution in [1.82, 2.24) is 5.32 Å². The zero-order valence-corrected chi connectivity index (χ0v) is 10.9. The third-order valence-corrected chi connectivity index (χ3v) is 3.76. The van der Waals surface area contributed by atoms with Crippen LogP contribution in [-0.4, -0.2) is 18.6 Å². The van der Waals surface area contributed by atoms with Gasteiger partial charge in [0.15, 0.2) is 0 Å². The summed E-state index contributed by atoms with van der Waals surface area (Å²) in [5.41, 5.74) is 0.731. The van der Waals surface area contributed by atoms with Gasteiger partial charge < -0.3 is 4.74 Å². The van der Waals surface area contributed by atoms with Gasteiger partial charge in [0.25, 0.3) is 0 Å². The van der Waals surface area contributed by atoms with Gasteiger partial charge in [0.2, 0.25) is 0 Å². The molecule has 0 spiro atoms. The van der Waals surface area contributed by atoms with Crippen molar-refractivity contribution in [1.29, 1.82) is 0 Å². The summed E-state index contributed by atoms with van der Waals surface area (Å²) in [6, 6.07) is 10.2. The van der Waals surface area contributed by atoms with Crippen LogP contribution in [0.4, 0.5) is 0 Å². The summed E-state index contributed by atoms with van der Waals surface area (Å²) in [5.74, 6) is -0.113. The number of hydrogen-bond acceptors (Lipinski definition) is 3. The van der Waals surface area contributed by atoms with Crippen molar-refractivity contribution in [2.75, 3.05) is 7.11 Å². The monoisotopic (exact) mass is 247 g/mol. The van der Waals surface area contributed by atoms with Gasteiger partial charge in [0.05, 0.1) is 7.11 Å². The molecule has 0 amide bonds. The van der Waals surface area contributed by atoms with Gasteiger partial charge in [0, 0.05) is 6.54 Å². The number of nitrogens with one attached hydrogen (secondary N) is 1. The van der Waals surface area contributed by atoms with E-state index in [1.54, 1.807) is 0 Å². The van der Waals surface area contributed by atoms with E-state index in [0.29, 0.717) is 0 Å². The molecule has 1 aliphatic carbocycles. The molecule has 0 radical (unpaired) electrons. The standard InChI is InChI=1S/C15H21NO2/c1-18-14(17)15(10-6-3-7-11-15)16-12-13-8-4-2-5-9-13/h2,4-5,8-9,16H,3,6-7,10-12H2,1H3. The van der Waals surface area contributed by atoms with Gasteiger partial charge in [-0.1, -0.05) is 49.6 Å². The van der Waals surface area contributed by atoms with E-state index >= 15 is 0 Å². The molecule has 0 atom stereocenters. The zero-order chi connectivity index (χ0) is 12.8. The number of rotatable bonds is 4. The molecule has 3 heteroatoms. The Labute approximate surface area is 109 Å². The summed E-state index contributed by atoms with van der Waals surface area (Å²) in [6.45, 7) is 0.718. The molecular weight excluding hydrogens is 226 g/mol. The van der Waals surface area contributed by atoms with E-state index in [2.05, 4.69) is 17.4 Å². The summed E-state index contributed by atoms with van der Waals surface area (Å²) in [4.78, 5) is 12.0. The van der Waals surface area contributed by atoms with Crippen molar-refractivity contribution in [3.05, 3.63) is 35.9 Å². The van der Waals surface area contributed by atoms with Gasteiger partial charge in [-0.15, -0.1) is 0 Å². The number of methoxy groups -OCH3 is 1. The highest BCUT2D eigenvalue weighted by Crippen LogP contribution is 2.29. The summed E-state index contributed by atoms with van der Waals surface area (Å²) in [5, 5.41) is 3.43. The van der Waals surface area contributed by atoms with E-state index in [-0.39, 0.29) is 5.97 Å². The molecule has 2 rings (SSSR count). The van der Waals surface area contributed by atoms with Crippen LogP contribution in [0.25, 0.3) is 0 Å². The Balaban J connectivity index is 2.04. The Kier molecular flexibility index (Phi) is 4.37. The van der Waals surface area contributed by atoms with Crippen LogP contribution in [0.2, 0.25) is 0 Å². The number of carbonyl (C=O) groups is 1. The molecule has 1 fully saturated rings. The van der Waals surface area contributed by atoms with Crippen molar-refractivity contribution in [2.45, 2.75) is 44.2 Å². The lowest BCUT2D eigenvalue weighted by molar-refractivity contribution is -0.150. The normalized spacial score (nSPS) is 18.3. The molecule has 18 heavy (non-hydrogen) atoms. The maximum atomic E-state index is 12.0. The Morgan fingerprint density at radius 3 is 2.50 bits per heavy atom. The van der Waals surface area contributed by atoms with Gasteiger partial charge in [-0.2, -0.15) is 0 Å². The van der Waals surface area contributed by atoms with Gasteiger partial charge in [-0.25, -0.2) is 0 Å². The minimum atomic E-state index is -0.469. The Hall–Kier alpha value is -1.35. The van der Waals surface area contributed by atoms with Gasteiger partial charge in [-0.05, 0) is 18.4 Å². The van der Waals surface area contributed by atoms with Crippen LogP contribution in [-0.2, 0) is 16.1 Å². The molecule has 1 aliphatic rings. The molecule has 1 N–H and O–H groups in total. The second kappa shape index (κ2) is 6.01. The van der Waals surface area contributed by atoms with Crippen molar-refractivity contribution in [3.8, 4) is 0 Å². The van der Waals surface area contributed by atoms with Crippen LogP contribution in [0.15, 0.2) is 30.3 Å². The van der Waals surface area contributed by atoms with Crippen LogP contribution in [0.3, 0.4) is 0 Å². The number of esters is 1. The average molecular weight is 247 g/mol. The van der Waals surface area contributed by atoms with E-state index in [1.165, 1.54) is 19.1 Å². The molecule has 0 unspecified atom stereocenters. The van der Waals surface area contributed by atoms with Gasteiger partial charge >= 0.3 is 5.97 Å². The van der Waals surface area contributed by atoms with E-state index < -0.39 is 5.54 Å².